The van der Waals surface area contributed by atoms with Crippen molar-refractivity contribution < 1.29 is 9.53 Å². The van der Waals surface area contributed by atoms with Crippen molar-refractivity contribution in [1.82, 2.24) is 20.1 Å². The minimum atomic E-state index is -0.00134. The van der Waals surface area contributed by atoms with Crippen molar-refractivity contribution in [2.45, 2.75) is 38.9 Å². The normalized spacial score (nSPS) is 17.1. The molecule has 1 aromatic heterocycles. The Morgan fingerprint density at radius 2 is 2.18 bits per heavy atom. The van der Waals surface area contributed by atoms with E-state index in [1.165, 1.54) is 5.56 Å². The van der Waals surface area contributed by atoms with Gasteiger partial charge in [-0.05, 0) is 55.6 Å². The third kappa shape index (κ3) is 5.70. The topological polar surface area (TPSA) is 57.7 Å². The standard InChI is InChI=1S/C22H30N4O2/c1-3-26(16-18-7-4-10-21(13-18)28-2)22(27)24-20-9-6-12-25(17-20)15-19-8-5-11-23-14-19/h4-5,7-8,10-11,13-14,20H,3,6,9,12,15-17H2,1-2H3,(H,24,27)/t20-/m0/s1. The van der Waals surface area contributed by atoms with Crippen molar-refractivity contribution in [2.75, 3.05) is 26.7 Å². The number of nitrogens with one attached hydrogen (secondary N) is 1. The summed E-state index contributed by atoms with van der Waals surface area (Å²) in [6.07, 6.45) is 5.82. The highest BCUT2D eigenvalue weighted by Crippen LogP contribution is 2.16. The Bertz CT molecular complexity index is 753. The van der Waals surface area contributed by atoms with Gasteiger partial charge < -0.3 is 15.0 Å². The van der Waals surface area contributed by atoms with Crippen LogP contribution < -0.4 is 10.1 Å². The van der Waals surface area contributed by atoms with Crippen molar-refractivity contribution in [3.8, 4) is 5.75 Å². The Kier molecular flexibility index (Phi) is 7.25. The van der Waals surface area contributed by atoms with Crippen LogP contribution in [0, 0.1) is 0 Å². The third-order valence-corrected chi connectivity index (χ3v) is 5.14. The SMILES string of the molecule is CCN(Cc1cccc(OC)c1)C(=O)N[C@H]1CCCN(Cc2cccnc2)C1. The molecule has 0 spiro atoms. The summed E-state index contributed by atoms with van der Waals surface area (Å²) in [5.41, 5.74) is 2.28. The molecule has 1 N–H and O–H groups in total. The van der Waals surface area contributed by atoms with E-state index in [4.69, 9.17) is 4.74 Å². The maximum atomic E-state index is 12.8. The number of ether oxygens (including phenoxy) is 1. The summed E-state index contributed by atoms with van der Waals surface area (Å²) in [6, 6.07) is 12.1. The fraction of sp³-hybridized carbons (Fsp3) is 0.455. The lowest BCUT2D eigenvalue weighted by Gasteiger charge is -2.34. The highest BCUT2D eigenvalue weighted by molar-refractivity contribution is 5.74. The maximum absolute atomic E-state index is 12.8. The Morgan fingerprint density at radius 3 is 2.93 bits per heavy atom. The number of amides is 2. The Balaban J connectivity index is 1.54. The molecule has 1 fully saturated rings. The monoisotopic (exact) mass is 382 g/mol. The van der Waals surface area contributed by atoms with Gasteiger partial charge >= 0.3 is 6.03 Å². The average Bonchev–Trinajstić information content (AvgIpc) is 2.73. The molecule has 0 bridgehead atoms. The number of hydrogen-bond donors (Lipinski definition) is 1. The predicted molar refractivity (Wildman–Crippen MR) is 110 cm³/mol. The van der Waals surface area contributed by atoms with Gasteiger partial charge in [-0.25, -0.2) is 4.79 Å². The van der Waals surface area contributed by atoms with E-state index in [-0.39, 0.29) is 12.1 Å². The van der Waals surface area contributed by atoms with Crippen LogP contribution in [0.2, 0.25) is 0 Å². The van der Waals surface area contributed by atoms with Gasteiger partial charge in [-0.1, -0.05) is 18.2 Å². The molecule has 0 saturated carbocycles. The molecule has 1 aliphatic rings. The minimum absolute atomic E-state index is 0.00134. The van der Waals surface area contributed by atoms with Gasteiger partial charge in [0, 0.05) is 44.6 Å². The predicted octanol–water partition coefficient (Wildman–Crippen LogP) is 3.29. The quantitative estimate of drug-likeness (QED) is 0.798. The molecule has 2 heterocycles. The van der Waals surface area contributed by atoms with Gasteiger partial charge in [0.1, 0.15) is 5.75 Å². The van der Waals surface area contributed by atoms with E-state index in [1.54, 1.807) is 13.3 Å². The first-order chi connectivity index (χ1) is 13.7. The molecule has 2 aromatic rings. The molecule has 3 rings (SSSR count). The fourth-order valence-corrected chi connectivity index (χ4v) is 3.65. The largest absolute Gasteiger partial charge is 0.497 e. The Labute approximate surface area is 167 Å². The van der Waals surface area contributed by atoms with E-state index in [9.17, 15) is 4.79 Å². The number of benzene rings is 1. The van der Waals surface area contributed by atoms with E-state index >= 15 is 0 Å². The second kappa shape index (κ2) is 10.1. The highest BCUT2D eigenvalue weighted by Gasteiger charge is 2.23. The average molecular weight is 383 g/mol. The zero-order chi connectivity index (χ0) is 19.8. The molecular weight excluding hydrogens is 352 g/mol. The Hall–Kier alpha value is -2.60. The van der Waals surface area contributed by atoms with Crippen LogP contribution >= 0.6 is 0 Å². The molecule has 1 aromatic carbocycles. The zero-order valence-corrected chi connectivity index (χ0v) is 16.8. The zero-order valence-electron chi connectivity index (χ0n) is 16.8. The summed E-state index contributed by atoms with van der Waals surface area (Å²) < 4.78 is 5.28. The first-order valence-electron chi connectivity index (χ1n) is 9.97. The molecule has 2 amide bonds. The molecule has 150 valence electrons. The molecule has 28 heavy (non-hydrogen) atoms. The van der Waals surface area contributed by atoms with E-state index in [0.717, 1.165) is 43.8 Å². The summed E-state index contributed by atoms with van der Waals surface area (Å²) in [7, 11) is 1.66. The molecule has 6 nitrogen and oxygen atoms in total. The Morgan fingerprint density at radius 1 is 1.32 bits per heavy atom. The number of aromatic nitrogens is 1. The van der Waals surface area contributed by atoms with E-state index < -0.39 is 0 Å². The number of nitrogens with zero attached hydrogens (tertiary/aromatic N) is 3. The van der Waals surface area contributed by atoms with Crippen LogP contribution in [0.4, 0.5) is 4.79 Å². The number of rotatable bonds is 7. The number of urea groups is 1. The number of hydrogen-bond acceptors (Lipinski definition) is 4. The van der Waals surface area contributed by atoms with Gasteiger partial charge in [-0.2, -0.15) is 0 Å². The van der Waals surface area contributed by atoms with Crippen molar-refractivity contribution in [1.29, 1.82) is 0 Å². The second-order valence-electron chi connectivity index (χ2n) is 7.25. The van der Waals surface area contributed by atoms with Crippen molar-refractivity contribution in [3.05, 3.63) is 59.9 Å². The smallest absolute Gasteiger partial charge is 0.317 e. The van der Waals surface area contributed by atoms with Crippen molar-refractivity contribution >= 4 is 6.03 Å². The van der Waals surface area contributed by atoms with Crippen LogP contribution in [0.15, 0.2) is 48.8 Å². The van der Waals surface area contributed by atoms with E-state index in [1.807, 2.05) is 48.4 Å². The van der Waals surface area contributed by atoms with Gasteiger partial charge in [0.2, 0.25) is 0 Å². The summed E-state index contributed by atoms with van der Waals surface area (Å²) in [5, 5.41) is 3.23. The first-order valence-corrected chi connectivity index (χ1v) is 9.97. The number of carbonyl (C=O) groups excluding carboxylic acids is 1. The molecule has 1 atom stereocenters. The number of methoxy groups -OCH3 is 1. The van der Waals surface area contributed by atoms with Gasteiger partial charge in [0.05, 0.1) is 7.11 Å². The molecular formula is C22H30N4O2. The third-order valence-electron chi connectivity index (χ3n) is 5.14. The van der Waals surface area contributed by atoms with Crippen LogP contribution in [0.5, 0.6) is 5.75 Å². The molecule has 0 radical (unpaired) electrons. The lowest BCUT2D eigenvalue weighted by molar-refractivity contribution is 0.163. The molecule has 0 unspecified atom stereocenters. The van der Waals surface area contributed by atoms with Crippen LogP contribution in [0.3, 0.4) is 0 Å². The van der Waals surface area contributed by atoms with Gasteiger partial charge in [0.15, 0.2) is 0 Å². The van der Waals surface area contributed by atoms with Crippen LogP contribution in [-0.2, 0) is 13.1 Å². The lowest BCUT2D eigenvalue weighted by atomic mass is 10.1. The van der Waals surface area contributed by atoms with Gasteiger partial charge in [-0.3, -0.25) is 9.88 Å². The molecule has 1 aliphatic heterocycles. The minimum Gasteiger partial charge on any atom is -0.497 e. The summed E-state index contributed by atoms with van der Waals surface area (Å²) in [4.78, 5) is 21.2. The van der Waals surface area contributed by atoms with Crippen LogP contribution in [0.1, 0.15) is 30.9 Å². The van der Waals surface area contributed by atoms with Gasteiger partial charge in [0.25, 0.3) is 0 Å². The molecule has 0 aliphatic carbocycles. The van der Waals surface area contributed by atoms with Crippen LogP contribution in [0.25, 0.3) is 0 Å². The fourth-order valence-electron chi connectivity index (χ4n) is 3.65. The number of carbonyl (C=O) groups is 1. The van der Waals surface area contributed by atoms with E-state index in [2.05, 4.69) is 21.3 Å². The maximum Gasteiger partial charge on any atom is 0.317 e. The molecule has 6 heteroatoms. The number of pyridine rings is 1. The summed E-state index contributed by atoms with van der Waals surface area (Å²) >= 11 is 0. The summed E-state index contributed by atoms with van der Waals surface area (Å²) in [6.45, 7) is 6.05. The van der Waals surface area contributed by atoms with Gasteiger partial charge in [-0.15, -0.1) is 0 Å². The second-order valence-corrected chi connectivity index (χ2v) is 7.25. The summed E-state index contributed by atoms with van der Waals surface area (Å²) in [5.74, 6) is 0.812. The molecule has 1 saturated heterocycles. The number of likely N-dealkylation sites (tertiary alicyclic amines) is 1. The lowest BCUT2D eigenvalue weighted by Crippen LogP contribution is -2.51. The van der Waals surface area contributed by atoms with Crippen molar-refractivity contribution in [2.24, 2.45) is 0 Å². The van der Waals surface area contributed by atoms with Crippen LogP contribution in [-0.4, -0.2) is 53.6 Å². The first kappa shape index (κ1) is 20.1. The highest BCUT2D eigenvalue weighted by atomic mass is 16.5. The van der Waals surface area contributed by atoms with E-state index in [0.29, 0.717) is 13.1 Å². The number of piperidine rings is 1. The van der Waals surface area contributed by atoms with Crippen molar-refractivity contribution in [3.63, 3.8) is 0 Å².